The summed E-state index contributed by atoms with van der Waals surface area (Å²) in [6, 6.07) is 6.82. The van der Waals surface area contributed by atoms with E-state index in [9.17, 15) is 14.7 Å². The number of ketones is 1. The van der Waals surface area contributed by atoms with E-state index in [1.54, 1.807) is 24.3 Å². The van der Waals surface area contributed by atoms with E-state index in [-0.39, 0.29) is 24.3 Å². The Morgan fingerprint density at radius 2 is 2.05 bits per heavy atom. The number of carbonyl (C=O) groups excluding carboxylic acids is 2. The topological polar surface area (TPSA) is 69.6 Å². The first kappa shape index (κ1) is 13.7. The van der Waals surface area contributed by atoms with Gasteiger partial charge in [-0.2, -0.15) is 0 Å². The lowest BCUT2D eigenvalue weighted by Crippen LogP contribution is -2.32. The molecule has 1 fully saturated rings. The number of amides is 1. The van der Waals surface area contributed by atoms with Gasteiger partial charge in [0.1, 0.15) is 0 Å². The van der Waals surface area contributed by atoms with Crippen molar-refractivity contribution in [2.45, 2.75) is 19.4 Å². The van der Waals surface area contributed by atoms with Crippen LogP contribution < -0.4 is 5.32 Å². The highest BCUT2D eigenvalue weighted by atomic mass is 16.3. The van der Waals surface area contributed by atoms with Crippen LogP contribution in [0.25, 0.3) is 0 Å². The highest BCUT2D eigenvalue weighted by Gasteiger charge is 2.21. The van der Waals surface area contributed by atoms with Crippen molar-refractivity contribution in [2.24, 2.45) is 0 Å². The van der Waals surface area contributed by atoms with Crippen molar-refractivity contribution in [2.75, 3.05) is 25.0 Å². The largest absolute Gasteiger partial charge is 0.392 e. The Bertz CT molecular complexity index is 470. The summed E-state index contributed by atoms with van der Waals surface area (Å²) in [5, 5.41) is 12.2. The van der Waals surface area contributed by atoms with Gasteiger partial charge in [-0.1, -0.05) is 0 Å². The molecule has 0 radical (unpaired) electrons. The van der Waals surface area contributed by atoms with Crippen LogP contribution in [0.15, 0.2) is 24.3 Å². The summed E-state index contributed by atoms with van der Waals surface area (Å²) in [5.41, 5.74) is 1.30. The van der Waals surface area contributed by atoms with Gasteiger partial charge in [0, 0.05) is 24.3 Å². The Morgan fingerprint density at radius 3 is 2.58 bits per heavy atom. The first-order valence-corrected chi connectivity index (χ1v) is 6.36. The molecule has 5 nitrogen and oxygen atoms in total. The van der Waals surface area contributed by atoms with Gasteiger partial charge in [-0.3, -0.25) is 14.5 Å². The van der Waals surface area contributed by atoms with Crippen LogP contribution in [0.1, 0.15) is 23.7 Å². The number of nitrogens with one attached hydrogen (secondary N) is 1. The van der Waals surface area contributed by atoms with Crippen LogP contribution in [-0.4, -0.2) is 47.4 Å². The van der Waals surface area contributed by atoms with Gasteiger partial charge in [0.05, 0.1) is 12.6 Å². The summed E-state index contributed by atoms with van der Waals surface area (Å²) in [6.45, 7) is 3.09. The molecule has 1 heterocycles. The molecule has 1 aliphatic heterocycles. The number of rotatable bonds is 4. The number of likely N-dealkylation sites (tertiary alicyclic amines) is 1. The van der Waals surface area contributed by atoms with Crippen LogP contribution in [0.4, 0.5) is 5.69 Å². The Morgan fingerprint density at radius 1 is 1.37 bits per heavy atom. The number of Topliss-reactive ketones (excluding diaryl/α,β-unsaturated/α-hetero) is 1. The maximum Gasteiger partial charge on any atom is 0.238 e. The van der Waals surface area contributed by atoms with E-state index in [2.05, 4.69) is 5.32 Å². The highest BCUT2D eigenvalue weighted by molar-refractivity contribution is 5.96. The minimum Gasteiger partial charge on any atom is -0.392 e. The molecule has 0 unspecified atom stereocenters. The third-order valence-corrected chi connectivity index (χ3v) is 3.19. The smallest absolute Gasteiger partial charge is 0.238 e. The summed E-state index contributed by atoms with van der Waals surface area (Å²) in [6.07, 6.45) is 0.406. The average Bonchev–Trinajstić information content (AvgIpc) is 2.75. The molecule has 1 aromatic carbocycles. The molecule has 2 rings (SSSR count). The fourth-order valence-corrected chi connectivity index (χ4v) is 2.15. The predicted octanol–water partition coefficient (Wildman–Crippen LogP) is 0.894. The zero-order chi connectivity index (χ0) is 13.8. The van der Waals surface area contributed by atoms with Crippen molar-refractivity contribution in [1.82, 2.24) is 4.90 Å². The van der Waals surface area contributed by atoms with Gasteiger partial charge in [0.25, 0.3) is 0 Å². The van der Waals surface area contributed by atoms with Crippen LogP contribution in [-0.2, 0) is 4.79 Å². The van der Waals surface area contributed by atoms with Crippen molar-refractivity contribution >= 4 is 17.4 Å². The fourth-order valence-electron chi connectivity index (χ4n) is 2.15. The molecule has 19 heavy (non-hydrogen) atoms. The van der Waals surface area contributed by atoms with Gasteiger partial charge in [-0.15, -0.1) is 0 Å². The summed E-state index contributed by atoms with van der Waals surface area (Å²) >= 11 is 0. The highest BCUT2D eigenvalue weighted by Crippen LogP contribution is 2.11. The molecule has 1 saturated heterocycles. The van der Waals surface area contributed by atoms with Gasteiger partial charge in [0.15, 0.2) is 5.78 Å². The molecule has 1 amide bonds. The maximum absolute atomic E-state index is 11.8. The Hall–Kier alpha value is -1.72. The van der Waals surface area contributed by atoms with Crippen LogP contribution >= 0.6 is 0 Å². The van der Waals surface area contributed by atoms with E-state index >= 15 is 0 Å². The van der Waals surface area contributed by atoms with Crippen molar-refractivity contribution in [3.63, 3.8) is 0 Å². The monoisotopic (exact) mass is 262 g/mol. The molecule has 1 atom stereocenters. The number of β-amino-alcohol motifs (C(OH)–C–C–N with tert-alkyl or cyclic N) is 1. The summed E-state index contributed by atoms with van der Waals surface area (Å²) in [5.74, 6) is -0.103. The fraction of sp³-hybridized carbons (Fsp3) is 0.429. The van der Waals surface area contributed by atoms with Crippen molar-refractivity contribution in [3.05, 3.63) is 29.8 Å². The van der Waals surface area contributed by atoms with E-state index in [1.807, 2.05) is 4.90 Å². The summed E-state index contributed by atoms with van der Waals surface area (Å²) < 4.78 is 0. The zero-order valence-corrected chi connectivity index (χ0v) is 10.9. The van der Waals surface area contributed by atoms with Crippen LogP contribution in [0.3, 0.4) is 0 Å². The normalized spacial score (nSPS) is 19.4. The molecule has 2 N–H and O–H groups in total. The first-order valence-electron chi connectivity index (χ1n) is 6.36. The second-order valence-corrected chi connectivity index (χ2v) is 4.86. The SMILES string of the molecule is CC(=O)c1ccc(NC(=O)CN2CC[C@@H](O)C2)cc1. The van der Waals surface area contributed by atoms with Gasteiger partial charge >= 0.3 is 0 Å². The zero-order valence-electron chi connectivity index (χ0n) is 10.9. The number of anilines is 1. The average molecular weight is 262 g/mol. The number of carbonyl (C=O) groups is 2. The molecule has 0 bridgehead atoms. The molecule has 0 aromatic heterocycles. The number of aliphatic hydroxyl groups is 1. The maximum atomic E-state index is 11.8. The van der Waals surface area contributed by atoms with E-state index in [0.717, 1.165) is 13.0 Å². The van der Waals surface area contributed by atoms with Crippen LogP contribution in [0.5, 0.6) is 0 Å². The van der Waals surface area contributed by atoms with Gasteiger partial charge in [-0.05, 0) is 37.6 Å². The first-order chi connectivity index (χ1) is 9.04. The number of aliphatic hydroxyl groups excluding tert-OH is 1. The summed E-state index contributed by atoms with van der Waals surface area (Å²) in [7, 11) is 0. The predicted molar refractivity (Wildman–Crippen MR) is 72.1 cm³/mol. The third kappa shape index (κ3) is 3.87. The molecule has 102 valence electrons. The molecule has 1 aromatic rings. The lowest BCUT2D eigenvalue weighted by molar-refractivity contribution is -0.117. The molecule has 5 heteroatoms. The molecule has 1 aliphatic rings. The van der Waals surface area contributed by atoms with Gasteiger partial charge in [0.2, 0.25) is 5.91 Å². The minimum absolute atomic E-state index is 0.00364. The Labute approximate surface area is 112 Å². The summed E-state index contributed by atoms with van der Waals surface area (Å²) in [4.78, 5) is 24.8. The third-order valence-electron chi connectivity index (χ3n) is 3.19. The van der Waals surface area contributed by atoms with Gasteiger partial charge < -0.3 is 10.4 Å². The molecule has 0 aliphatic carbocycles. The lowest BCUT2D eigenvalue weighted by atomic mass is 10.1. The molecule has 0 saturated carbocycles. The van der Waals surface area contributed by atoms with Crippen molar-refractivity contribution in [3.8, 4) is 0 Å². The van der Waals surface area contributed by atoms with Gasteiger partial charge in [-0.25, -0.2) is 0 Å². The second-order valence-electron chi connectivity index (χ2n) is 4.86. The van der Waals surface area contributed by atoms with Crippen molar-refractivity contribution in [1.29, 1.82) is 0 Å². The Kier molecular flexibility index (Phi) is 4.29. The van der Waals surface area contributed by atoms with Crippen LogP contribution in [0, 0.1) is 0 Å². The second kappa shape index (κ2) is 5.95. The number of benzene rings is 1. The molecule has 0 spiro atoms. The molecular formula is C14H18N2O3. The minimum atomic E-state index is -0.317. The van der Waals surface area contributed by atoms with Crippen molar-refractivity contribution < 1.29 is 14.7 Å². The lowest BCUT2D eigenvalue weighted by Gasteiger charge is -2.14. The number of nitrogens with zero attached hydrogens (tertiary/aromatic N) is 1. The number of hydrogen-bond acceptors (Lipinski definition) is 4. The van der Waals surface area contributed by atoms with Crippen LogP contribution in [0.2, 0.25) is 0 Å². The van der Waals surface area contributed by atoms with E-state index in [1.165, 1.54) is 6.92 Å². The quantitative estimate of drug-likeness (QED) is 0.791. The van der Waals surface area contributed by atoms with E-state index in [4.69, 9.17) is 0 Å². The number of hydrogen-bond donors (Lipinski definition) is 2. The Balaban J connectivity index is 1.86. The standard InChI is InChI=1S/C14H18N2O3/c1-10(17)11-2-4-12(5-3-11)15-14(19)9-16-7-6-13(18)8-16/h2-5,13,18H,6-9H2,1H3,(H,15,19)/t13-/m1/s1. The molecular weight excluding hydrogens is 244 g/mol. The van der Waals surface area contributed by atoms with E-state index < -0.39 is 0 Å². The van der Waals surface area contributed by atoms with E-state index in [0.29, 0.717) is 17.8 Å².